The summed E-state index contributed by atoms with van der Waals surface area (Å²) in [7, 11) is -3.17. The van der Waals surface area contributed by atoms with E-state index in [-0.39, 0.29) is 5.75 Å². The number of sulfonamides is 1. The van der Waals surface area contributed by atoms with Crippen LogP contribution in [0.2, 0.25) is 0 Å². The van der Waals surface area contributed by atoms with E-state index in [1.54, 1.807) is 0 Å². The first-order valence-corrected chi connectivity index (χ1v) is 8.53. The van der Waals surface area contributed by atoms with Crippen molar-refractivity contribution in [2.75, 3.05) is 12.3 Å². The Morgan fingerprint density at radius 3 is 2.74 bits per heavy atom. The van der Waals surface area contributed by atoms with Crippen molar-refractivity contribution >= 4 is 10.0 Å². The van der Waals surface area contributed by atoms with Gasteiger partial charge in [-0.1, -0.05) is 24.9 Å². The van der Waals surface area contributed by atoms with Gasteiger partial charge in [0, 0.05) is 19.4 Å². The first-order chi connectivity index (χ1) is 9.09. The third-order valence-corrected chi connectivity index (χ3v) is 4.97. The van der Waals surface area contributed by atoms with Crippen LogP contribution in [0, 0.1) is 5.92 Å². The van der Waals surface area contributed by atoms with Crippen LogP contribution in [0.15, 0.2) is 4.52 Å². The molecule has 0 spiro atoms. The van der Waals surface area contributed by atoms with Gasteiger partial charge in [-0.3, -0.25) is 0 Å². The minimum atomic E-state index is -3.17. The van der Waals surface area contributed by atoms with Crippen molar-refractivity contribution in [2.24, 2.45) is 5.92 Å². The molecular formula is C12H21N3O3S. The zero-order valence-electron chi connectivity index (χ0n) is 11.3. The van der Waals surface area contributed by atoms with Crippen LogP contribution in [0.3, 0.4) is 0 Å². The number of aryl methyl sites for hydroxylation is 1. The van der Waals surface area contributed by atoms with Crippen molar-refractivity contribution in [1.29, 1.82) is 0 Å². The summed E-state index contributed by atoms with van der Waals surface area (Å²) in [6.45, 7) is 2.26. The molecule has 0 aromatic carbocycles. The molecular weight excluding hydrogens is 266 g/mol. The summed E-state index contributed by atoms with van der Waals surface area (Å²) >= 11 is 0. The third kappa shape index (κ3) is 4.58. The molecule has 1 aliphatic carbocycles. The summed E-state index contributed by atoms with van der Waals surface area (Å²) in [6, 6.07) is 0. The van der Waals surface area contributed by atoms with Gasteiger partial charge in [0.1, 0.15) is 0 Å². The van der Waals surface area contributed by atoms with Gasteiger partial charge in [-0.15, -0.1) is 0 Å². The molecule has 2 rings (SSSR count). The van der Waals surface area contributed by atoms with Crippen LogP contribution in [0.5, 0.6) is 0 Å². The summed E-state index contributed by atoms with van der Waals surface area (Å²) in [4.78, 5) is 4.14. The molecule has 0 radical (unpaired) electrons. The standard InChI is InChI=1S/C12H21N3O3S/c1-2-11-14-12(18-15-11)7-8-13-19(16,17)9-10-5-3-4-6-10/h10,13H,2-9H2,1H3. The molecule has 1 N–H and O–H groups in total. The number of rotatable bonds is 7. The summed E-state index contributed by atoms with van der Waals surface area (Å²) in [5.41, 5.74) is 0. The van der Waals surface area contributed by atoms with Crippen molar-refractivity contribution in [3.63, 3.8) is 0 Å². The van der Waals surface area contributed by atoms with Gasteiger partial charge in [-0.05, 0) is 18.8 Å². The van der Waals surface area contributed by atoms with Gasteiger partial charge in [-0.2, -0.15) is 4.98 Å². The molecule has 1 aromatic heterocycles. The van der Waals surface area contributed by atoms with E-state index in [0.29, 0.717) is 30.6 Å². The van der Waals surface area contributed by atoms with Crippen molar-refractivity contribution < 1.29 is 12.9 Å². The van der Waals surface area contributed by atoms with Gasteiger partial charge in [0.05, 0.1) is 5.75 Å². The predicted octanol–water partition coefficient (Wildman–Crippen LogP) is 1.28. The van der Waals surface area contributed by atoms with E-state index < -0.39 is 10.0 Å². The number of nitrogens with one attached hydrogen (secondary N) is 1. The first kappa shape index (κ1) is 14.5. The topological polar surface area (TPSA) is 85.1 Å². The maximum atomic E-state index is 11.9. The second-order valence-electron chi connectivity index (χ2n) is 5.03. The fourth-order valence-corrected chi connectivity index (χ4v) is 3.88. The number of aromatic nitrogens is 2. The molecule has 0 saturated heterocycles. The minimum absolute atomic E-state index is 0.247. The van der Waals surface area contributed by atoms with Gasteiger partial charge in [0.25, 0.3) is 0 Å². The van der Waals surface area contributed by atoms with E-state index in [1.807, 2.05) is 6.92 Å². The van der Waals surface area contributed by atoms with Crippen LogP contribution in [0.4, 0.5) is 0 Å². The lowest BCUT2D eigenvalue weighted by atomic mass is 10.1. The molecule has 7 heteroatoms. The predicted molar refractivity (Wildman–Crippen MR) is 71.1 cm³/mol. The molecule has 1 aliphatic rings. The van der Waals surface area contributed by atoms with E-state index in [0.717, 1.165) is 32.1 Å². The van der Waals surface area contributed by atoms with Crippen LogP contribution in [0.1, 0.15) is 44.3 Å². The molecule has 0 amide bonds. The van der Waals surface area contributed by atoms with Gasteiger partial charge in [-0.25, -0.2) is 13.1 Å². The van der Waals surface area contributed by atoms with Crippen LogP contribution >= 0.6 is 0 Å². The third-order valence-electron chi connectivity index (χ3n) is 3.42. The van der Waals surface area contributed by atoms with Crippen LogP contribution < -0.4 is 4.72 Å². The molecule has 0 unspecified atom stereocenters. The summed E-state index contributed by atoms with van der Waals surface area (Å²) in [6.07, 6.45) is 5.53. The summed E-state index contributed by atoms with van der Waals surface area (Å²) < 4.78 is 31.3. The van der Waals surface area contributed by atoms with E-state index in [2.05, 4.69) is 14.9 Å². The van der Waals surface area contributed by atoms with E-state index >= 15 is 0 Å². The highest BCUT2D eigenvalue weighted by Crippen LogP contribution is 2.25. The van der Waals surface area contributed by atoms with Crippen molar-refractivity contribution in [2.45, 2.75) is 45.4 Å². The molecule has 19 heavy (non-hydrogen) atoms. The van der Waals surface area contributed by atoms with E-state index in [9.17, 15) is 8.42 Å². The van der Waals surface area contributed by atoms with Crippen LogP contribution in [0.25, 0.3) is 0 Å². The zero-order chi connectivity index (χ0) is 13.7. The van der Waals surface area contributed by atoms with Gasteiger partial charge in [0.2, 0.25) is 15.9 Å². The Kier molecular flexibility index (Phi) is 4.93. The molecule has 0 atom stereocenters. The number of hydrogen-bond donors (Lipinski definition) is 1. The highest BCUT2D eigenvalue weighted by Gasteiger charge is 2.22. The number of hydrogen-bond acceptors (Lipinski definition) is 5. The van der Waals surface area contributed by atoms with Crippen LogP contribution in [-0.4, -0.2) is 30.9 Å². The van der Waals surface area contributed by atoms with Gasteiger partial charge < -0.3 is 4.52 Å². The van der Waals surface area contributed by atoms with E-state index in [4.69, 9.17) is 4.52 Å². The molecule has 0 bridgehead atoms. The fraction of sp³-hybridized carbons (Fsp3) is 0.833. The molecule has 1 saturated carbocycles. The smallest absolute Gasteiger partial charge is 0.227 e. The quantitative estimate of drug-likeness (QED) is 0.816. The molecule has 1 aromatic rings. The lowest BCUT2D eigenvalue weighted by molar-refractivity contribution is 0.373. The fourth-order valence-electron chi connectivity index (χ4n) is 2.40. The first-order valence-electron chi connectivity index (χ1n) is 6.88. The molecule has 1 heterocycles. The highest BCUT2D eigenvalue weighted by atomic mass is 32.2. The van der Waals surface area contributed by atoms with Gasteiger partial charge >= 0.3 is 0 Å². The second kappa shape index (κ2) is 6.47. The minimum Gasteiger partial charge on any atom is -0.339 e. The van der Waals surface area contributed by atoms with E-state index in [1.165, 1.54) is 0 Å². The van der Waals surface area contributed by atoms with Crippen LogP contribution in [-0.2, 0) is 22.9 Å². The Morgan fingerprint density at radius 1 is 1.37 bits per heavy atom. The largest absolute Gasteiger partial charge is 0.339 e. The molecule has 108 valence electrons. The summed E-state index contributed by atoms with van der Waals surface area (Å²) in [5, 5.41) is 3.77. The Hall–Kier alpha value is -0.950. The Bertz CT molecular complexity index is 492. The zero-order valence-corrected chi connectivity index (χ0v) is 12.1. The average molecular weight is 287 g/mol. The Labute approximate surface area is 114 Å². The molecule has 1 fully saturated rings. The molecule has 0 aliphatic heterocycles. The van der Waals surface area contributed by atoms with Gasteiger partial charge in [0.15, 0.2) is 5.82 Å². The monoisotopic (exact) mass is 287 g/mol. The average Bonchev–Trinajstić information content (AvgIpc) is 2.99. The SMILES string of the molecule is CCc1noc(CCNS(=O)(=O)CC2CCCC2)n1. The Morgan fingerprint density at radius 2 is 2.11 bits per heavy atom. The maximum absolute atomic E-state index is 11.9. The lowest BCUT2D eigenvalue weighted by Gasteiger charge is -2.10. The normalized spacial score (nSPS) is 17.1. The number of nitrogens with zero attached hydrogens (tertiary/aromatic N) is 2. The highest BCUT2D eigenvalue weighted by molar-refractivity contribution is 7.89. The summed E-state index contributed by atoms with van der Waals surface area (Å²) in [5.74, 6) is 1.72. The second-order valence-corrected chi connectivity index (χ2v) is 6.89. The van der Waals surface area contributed by atoms with Crippen molar-refractivity contribution in [1.82, 2.24) is 14.9 Å². The van der Waals surface area contributed by atoms with Crippen molar-refractivity contribution in [3.8, 4) is 0 Å². The van der Waals surface area contributed by atoms with Crippen molar-refractivity contribution in [3.05, 3.63) is 11.7 Å². The molecule has 6 nitrogen and oxygen atoms in total. The lowest BCUT2D eigenvalue weighted by Crippen LogP contribution is -2.30. The maximum Gasteiger partial charge on any atom is 0.227 e. The Balaban J connectivity index is 1.74.